The molecular weight excluding hydrogens is 240 g/mol. The lowest BCUT2D eigenvalue weighted by atomic mass is 10.0. The molecule has 0 radical (unpaired) electrons. The maximum atomic E-state index is 12.3. The fourth-order valence-corrected chi connectivity index (χ4v) is 0.947. The minimum Gasteiger partial charge on any atom is -0.350 e. The zero-order valence-corrected chi connectivity index (χ0v) is 8.42. The van der Waals surface area contributed by atoms with Crippen LogP contribution in [0.2, 0.25) is 0 Å². The quantitative estimate of drug-likeness (QED) is 0.719. The zero-order valence-electron chi connectivity index (χ0n) is 7.60. The molecule has 1 aliphatic heterocycles. The third-order valence-electron chi connectivity index (χ3n) is 1.99. The van der Waals surface area contributed by atoms with Crippen molar-refractivity contribution in [3.8, 4) is 0 Å². The van der Waals surface area contributed by atoms with Gasteiger partial charge >= 0.3 is 12.3 Å². The molecule has 2 N–H and O–H groups in total. The normalized spacial score (nSPS) is 16.9. The van der Waals surface area contributed by atoms with E-state index in [4.69, 9.17) is 0 Å². The lowest BCUT2D eigenvalue weighted by Crippen LogP contribution is -2.52. The molecule has 0 aromatic rings. The molecule has 8 heteroatoms. The Hall–Kier alpha value is -0.560. The van der Waals surface area contributed by atoms with Crippen molar-refractivity contribution in [1.82, 2.24) is 10.6 Å². The molecule has 1 aliphatic rings. The van der Waals surface area contributed by atoms with Crippen molar-refractivity contribution in [3.05, 3.63) is 0 Å². The SMILES string of the molecule is Cl.O=C(NCC1CNC1)C(F)(F)C(F)F. The van der Waals surface area contributed by atoms with Crippen LogP contribution < -0.4 is 10.6 Å². The van der Waals surface area contributed by atoms with Gasteiger partial charge in [-0.1, -0.05) is 0 Å². The Morgan fingerprint density at radius 1 is 1.47 bits per heavy atom. The van der Waals surface area contributed by atoms with Crippen molar-refractivity contribution >= 4 is 18.3 Å². The second kappa shape index (κ2) is 5.50. The highest BCUT2D eigenvalue weighted by Crippen LogP contribution is 2.22. The fourth-order valence-electron chi connectivity index (χ4n) is 0.947. The third-order valence-corrected chi connectivity index (χ3v) is 1.99. The van der Waals surface area contributed by atoms with Crippen LogP contribution in [0.1, 0.15) is 0 Å². The molecule has 0 saturated carbocycles. The van der Waals surface area contributed by atoms with Crippen LogP contribution in [-0.4, -0.2) is 37.9 Å². The van der Waals surface area contributed by atoms with Gasteiger partial charge in [0.15, 0.2) is 0 Å². The number of amides is 1. The predicted molar refractivity (Wildman–Crippen MR) is 47.6 cm³/mol. The Morgan fingerprint density at radius 3 is 2.33 bits per heavy atom. The van der Waals surface area contributed by atoms with Crippen molar-refractivity contribution in [2.45, 2.75) is 12.3 Å². The maximum absolute atomic E-state index is 12.3. The van der Waals surface area contributed by atoms with E-state index in [9.17, 15) is 22.4 Å². The van der Waals surface area contributed by atoms with Gasteiger partial charge in [-0.15, -0.1) is 12.4 Å². The molecule has 0 spiro atoms. The second-order valence-corrected chi connectivity index (χ2v) is 3.16. The molecule has 0 aliphatic carbocycles. The topological polar surface area (TPSA) is 41.1 Å². The van der Waals surface area contributed by atoms with Gasteiger partial charge in [0.2, 0.25) is 0 Å². The summed E-state index contributed by atoms with van der Waals surface area (Å²) in [5.74, 6) is -6.43. The van der Waals surface area contributed by atoms with E-state index in [0.717, 1.165) is 0 Å². The van der Waals surface area contributed by atoms with Crippen molar-refractivity contribution in [2.75, 3.05) is 19.6 Å². The summed E-state index contributed by atoms with van der Waals surface area (Å²) in [4.78, 5) is 10.6. The van der Waals surface area contributed by atoms with E-state index in [1.807, 2.05) is 0 Å². The second-order valence-electron chi connectivity index (χ2n) is 3.16. The van der Waals surface area contributed by atoms with Gasteiger partial charge in [0.1, 0.15) is 0 Å². The number of rotatable bonds is 4. The fraction of sp³-hybridized carbons (Fsp3) is 0.857. The first kappa shape index (κ1) is 14.4. The van der Waals surface area contributed by atoms with Gasteiger partial charge in [-0.2, -0.15) is 8.78 Å². The summed E-state index contributed by atoms with van der Waals surface area (Å²) in [6.07, 6.45) is -3.96. The van der Waals surface area contributed by atoms with Gasteiger partial charge in [-0.05, 0) is 0 Å². The van der Waals surface area contributed by atoms with Crippen LogP contribution in [0.15, 0.2) is 0 Å². The molecule has 1 amide bonds. The number of alkyl halides is 4. The number of carbonyl (C=O) groups is 1. The molecule has 90 valence electrons. The molecular formula is C7H11ClF4N2O. The highest BCUT2D eigenvalue weighted by molar-refractivity contribution is 5.85. The first-order valence-electron chi connectivity index (χ1n) is 4.09. The Labute approximate surface area is 90.0 Å². The van der Waals surface area contributed by atoms with Crippen molar-refractivity contribution in [2.24, 2.45) is 5.92 Å². The van der Waals surface area contributed by atoms with E-state index >= 15 is 0 Å². The number of halogens is 5. The zero-order chi connectivity index (χ0) is 10.8. The number of hydrogen-bond donors (Lipinski definition) is 2. The largest absolute Gasteiger partial charge is 0.383 e. The summed E-state index contributed by atoms with van der Waals surface area (Å²) in [5.41, 5.74) is 0. The summed E-state index contributed by atoms with van der Waals surface area (Å²) in [5, 5.41) is 4.66. The van der Waals surface area contributed by atoms with Crippen molar-refractivity contribution < 1.29 is 22.4 Å². The summed E-state index contributed by atoms with van der Waals surface area (Å²) in [7, 11) is 0. The van der Waals surface area contributed by atoms with E-state index < -0.39 is 18.3 Å². The van der Waals surface area contributed by atoms with Gasteiger partial charge in [0, 0.05) is 25.6 Å². The molecule has 1 saturated heterocycles. The van der Waals surface area contributed by atoms with Crippen LogP contribution in [0.3, 0.4) is 0 Å². The number of nitrogens with one attached hydrogen (secondary N) is 2. The summed E-state index contributed by atoms with van der Waals surface area (Å²) < 4.78 is 48.0. The Morgan fingerprint density at radius 2 is 2.00 bits per heavy atom. The van der Waals surface area contributed by atoms with Crippen molar-refractivity contribution in [3.63, 3.8) is 0 Å². The number of hydrogen-bond acceptors (Lipinski definition) is 2. The van der Waals surface area contributed by atoms with Crippen LogP contribution in [0, 0.1) is 5.92 Å². The maximum Gasteiger partial charge on any atom is 0.383 e. The molecule has 1 rings (SSSR count). The average Bonchev–Trinajstić information content (AvgIpc) is 2.00. The third kappa shape index (κ3) is 3.49. The molecule has 0 aromatic heterocycles. The lowest BCUT2D eigenvalue weighted by molar-refractivity contribution is -0.169. The van der Waals surface area contributed by atoms with Gasteiger partial charge in [-0.25, -0.2) is 8.78 Å². The highest BCUT2D eigenvalue weighted by atomic mass is 35.5. The van der Waals surface area contributed by atoms with E-state index in [2.05, 4.69) is 5.32 Å². The monoisotopic (exact) mass is 250 g/mol. The van der Waals surface area contributed by atoms with Crippen molar-refractivity contribution in [1.29, 1.82) is 0 Å². The van der Waals surface area contributed by atoms with Crippen LogP contribution in [0.25, 0.3) is 0 Å². The highest BCUT2D eigenvalue weighted by Gasteiger charge is 2.48. The Kier molecular flexibility index (Phi) is 5.30. The summed E-state index contributed by atoms with van der Waals surface area (Å²) in [6.45, 7) is 1.23. The van der Waals surface area contributed by atoms with E-state index in [1.54, 1.807) is 5.32 Å². The van der Waals surface area contributed by atoms with Crippen LogP contribution in [0.4, 0.5) is 17.6 Å². The van der Waals surface area contributed by atoms with Gasteiger partial charge in [-0.3, -0.25) is 4.79 Å². The standard InChI is InChI=1S/C7H10F4N2O.ClH/c8-5(9)7(10,11)6(14)13-3-4-1-12-2-4;/h4-5,12H,1-3H2,(H,13,14);1H. The Balaban J connectivity index is 0.00000196. The molecule has 0 unspecified atom stereocenters. The molecule has 3 nitrogen and oxygen atoms in total. The first-order valence-corrected chi connectivity index (χ1v) is 4.09. The van der Waals surface area contributed by atoms with Crippen LogP contribution in [0.5, 0.6) is 0 Å². The molecule has 0 bridgehead atoms. The van der Waals surface area contributed by atoms with E-state index in [1.165, 1.54) is 0 Å². The summed E-state index contributed by atoms with van der Waals surface area (Å²) >= 11 is 0. The molecule has 1 fully saturated rings. The van der Waals surface area contributed by atoms with Gasteiger partial charge in [0.25, 0.3) is 5.91 Å². The van der Waals surface area contributed by atoms with E-state index in [0.29, 0.717) is 13.1 Å². The van der Waals surface area contributed by atoms with Crippen LogP contribution >= 0.6 is 12.4 Å². The first-order chi connectivity index (χ1) is 6.44. The Bertz CT molecular complexity index is 223. The molecule has 0 atom stereocenters. The molecule has 1 heterocycles. The predicted octanol–water partition coefficient (Wildman–Crippen LogP) is 0.644. The van der Waals surface area contributed by atoms with E-state index in [-0.39, 0.29) is 24.9 Å². The van der Waals surface area contributed by atoms with Gasteiger partial charge < -0.3 is 10.6 Å². The minimum atomic E-state index is -4.59. The average molecular weight is 251 g/mol. The van der Waals surface area contributed by atoms with Crippen LogP contribution in [-0.2, 0) is 4.79 Å². The molecule has 15 heavy (non-hydrogen) atoms. The van der Waals surface area contributed by atoms with Gasteiger partial charge in [0.05, 0.1) is 0 Å². The molecule has 0 aromatic carbocycles. The minimum absolute atomic E-state index is 0. The number of carbonyl (C=O) groups excluding carboxylic acids is 1. The lowest BCUT2D eigenvalue weighted by Gasteiger charge is -2.27. The smallest absolute Gasteiger partial charge is 0.350 e. The summed E-state index contributed by atoms with van der Waals surface area (Å²) in [6, 6.07) is 0.